The predicted molar refractivity (Wildman–Crippen MR) is 117 cm³/mol. The van der Waals surface area contributed by atoms with Crippen molar-refractivity contribution >= 4 is 56.2 Å². The van der Waals surface area contributed by atoms with Crippen molar-refractivity contribution in [3.05, 3.63) is 62.7 Å². The molecule has 4 nitrogen and oxygen atoms in total. The molecule has 0 atom stereocenters. The van der Waals surface area contributed by atoms with E-state index in [9.17, 15) is 9.18 Å². The van der Waals surface area contributed by atoms with Gasteiger partial charge in [0.1, 0.15) is 16.7 Å². The van der Waals surface area contributed by atoms with Crippen molar-refractivity contribution in [2.45, 2.75) is 13.5 Å². The van der Waals surface area contributed by atoms with E-state index in [0.717, 1.165) is 5.56 Å². The Hall–Kier alpha value is -1.90. The van der Waals surface area contributed by atoms with E-state index in [-0.39, 0.29) is 18.3 Å². The largest absolute Gasteiger partial charge is 0.490 e. The number of hydrogen-bond donors (Lipinski definition) is 0. The third-order valence-electron chi connectivity index (χ3n) is 3.95. The number of likely N-dealkylation sites (N-methyl/N-ethyl adjacent to an activating group) is 1. The van der Waals surface area contributed by atoms with Crippen LogP contribution in [-0.4, -0.2) is 28.8 Å². The summed E-state index contributed by atoms with van der Waals surface area (Å²) in [5, 5.41) is 0. The predicted octanol–water partition coefficient (Wildman–Crippen LogP) is 5.40. The SMILES string of the molecule is CCOc1cc(/C=C2/SC(=S)N(C)C2=O)cc(Br)c1OCc1ccccc1F. The summed E-state index contributed by atoms with van der Waals surface area (Å²) >= 11 is 9.91. The van der Waals surface area contributed by atoms with E-state index in [1.54, 1.807) is 37.4 Å². The van der Waals surface area contributed by atoms with Gasteiger partial charge in [0.25, 0.3) is 5.91 Å². The highest BCUT2D eigenvalue weighted by atomic mass is 79.9. The lowest BCUT2D eigenvalue weighted by Crippen LogP contribution is -2.22. The Labute approximate surface area is 180 Å². The molecule has 0 aromatic heterocycles. The minimum atomic E-state index is -0.324. The average molecular weight is 482 g/mol. The first-order valence-corrected chi connectivity index (χ1v) is 10.5. The molecule has 2 aromatic rings. The molecule has 0 saturated carbocycles. The van der Waals surface area contributed by atoms with E-state index in [1.165, 1.54) is 22.7 Å². The molecule has 2 aromatic carbocycles. The summed E-state index contributed by atoms with van der Waals surface area (Å²) in [5.41, 5.74) is 1.22. The molecule has 1 aliphatic heterocycles. The molecule has 0 spiro atoms. The summed E-state index contributed by atoms with van der Waals surface area (Å²) in [6, 6.07) is 10.1. The molecule has 1 aliphatic rings. The van der Waals surface area contributed by atoms with Gasteiger partial charge in [0.2, 0.25) is 0 Å². The molecule has 146 valence electrons. The van der Waals surface area contributed by atoms with Gasteiger partial charge in [0.05, 0.1) is 16.0 Å². The topological polar surface area (TPSA) is 38.8 Å². The highest BCUT2D eigenvalue weighted by Gasteiger charge is 2.28. The standard InChI is InChI=1S/C20H17BrFNO3S2/c1-3-25-16-9-12(10-17-19(24)23(2)20(27)28-17)8-14(21)18(16)26-11-13-6-4-5-7-15(13)22/h4-10H,3,11H2,1-2H3/b17-10+. The Kier molecular flexibility index (Phi) is 6.74. The zero-order valence-electron chi connectivity index (χ0n) is 15.2. The van der Waals surface area contributed by atoms with Gasteiger partial charge < -0.3 is 9.47 Å². The Bertz CT molecular complexity index is 964. The fourth-order valence-corrected chi connectivity index (χ4v) is 4.29. The van der Waals surface area contributed by atoms with Crippen molar-refractivity contribution in [2.24, 2.45) is 0 Å². The molecule has 0 aliphatic carbocycles. The van der Waals surface area contributed by atoms with Gasteiger partial charge in [-0.3, -0.25) is 9.69 Å². The third-order valence-corrected chi connectivity index (χ3v) is 6.02. The lowest BCUT2D eigenvalue weighted by molar-refractivity contribution is -0.121. The van der Waals surface area contributed by atoms with E-state index in [4.69, 9.17) is 21.7 Å². The summed E-state index contributed by atoms with van der Waals surface area (Å²) in [6.45, 7) is 2.37. The number of thioether (sulfide) groups is 1. The summed E-state index contributed by atoms with van der Waals surface area (Å²) in [5.74, 6) is 0.524. The Morgan fingerprint density at radius 1 is 1.29 bits per heavy atom. The number of halogens is 2. The zero-order chi connectivity index (χ0) is 20.3. The molecule has 0 unspecified atom stereocenters. The maximum atomic E-state index is 13.9. The Morgan fingerprint density at radius 3 is 2.68 bits per heavy atom. The number of thiocarbonyl (C=S) groups is 1. The fourth-order valence-electron chi connectivity index (χ4n) is 2.54. The number of amides is 1. The first-order chi connectivity index (χ1) is 13.4. The molecule has 0 radical (unpaired) electrons. The van der Waals surface area contributed by atoms with Crippen LogP contribution in [0.15, 0.2) is 45.8 Å². The normalized spacial score (nSPS) is 15.4. The molecule has 3 rings (SSSR count). The highest BCUT2D eigenvalue weighted by Crippen LogP contribution is 2.39. The van der Waals surface area contributed by atoms with Crippen LogP contribution >= 0.6 is 39.9 Å². The second-order valence-electron chi connectivity index (χ2n) is 5.88. The van der Waals surface area contributed by atoms with Crippen molar-refractivity contribution in [3.63, 3.8) is 0 Å². The highest BCUT2D eigenvalue weighted by molar-refractivity contribution is 9.10. The molecule has 8 heteroatoms. The maximum absolute atomic E-state index is 13.9. The van der Waals surface area contributed by atoms with E-state index < -0.39 is 0 Å². The molecular weight excluding hydrogens is 465 g/mol. The van der Waals surface area contributed by atoms with Gasteiger partial charge in [-0.25, -0.2) is 4.39 Å². The van der Waals surface area contributed by atoms with E-state index >= 15 is 0 Å². The second kappa shape index (κ2) is 9.07. The number of ether oxygens (including phenoxy) is 2. The van der Waals surface area contributed by atoms with E-state index in [2.05, 4.69) is 15.9 Å². The summed E-state index contributed by atoms with van der Waals surface area (Å²) in [4.78, 5) is 14.2. The van der Waals surface area contributed by atoms with Crippen molar-refractivity contribution in [2.75, 3.05) is 13.7 Å². The lowest BCUT2D eigenvalue weighted by atomic mass is 10.1. The van der Waals surface area contributed by atoms with Crippen LogP contribution in [0.1, 0.15) is 18.1 Å². The molecule has 28 heavy (non-hydrogen) atoms. The lowest BCUT2D eigenvalue weighted by Gasteiger charge is -2.15. The van der Waals surface area contributed by atoms with Crippen LogP contribution in [0.5, 0.6) is 11.5 Å². The Morgan fingerprint density at radius 2 is 2.04 bits per heavy atom. The zero-order valence-corrected chi connectivity index (χ0v) is 18.4. The van der Waals surface area contributed by atoms with Gasteiger partial charge in [-0.1, -0.05) is 42.2 Å². The third kappa shape index (κ3) is 4.56. The number of benzene rings is 2. The monoisotopic (exact) mass is 481 g/mol. The molecular formula is C20H17BrFNO3S2. The van der Waals surface area contributed by atoms with E-state index in [1.807, 2.05) is 13.0 Å². The van der Waals surface area contributed by atoms with Gasteiger partial charge in [0, 0.05) is 12.6 Å². The maximum Gasteiger partial charge on any atom is 0.265 e. The number of rotatable bonds is 6. The molecule has 1 heterocycles. The second-order valence-corrected chi connectivity index (χ2v) is 8.41. The van der Waals surface area contributed by atoms with Gasteiger partial charge in [-0.05, 0) is 52.7 Å². The molecule has 1 amide bonds. The van der Waals surface area contributed by atoms with Crippen LogP contribution in [0, 0.1) is 5.82 Å². The van der Waals surface area contributed by atoms with Crippen LogP contribution in [0.25, 0.3) is 6.08 Å². The minimum absolute atomic E-state index is 0.0686. The van der Waals surface area contributed by atoms with Crippen molar-refractivity contribution in [1.82, 2.24) is 4.90 Å². The number of nitrogens with zero attached hydrogens (tertiary/aromatic N) is 1. The van der Waals surface area contributed by atoms with Crippen LogP contribution in [-0.2, 0) is 11.4 Å². The van der Waals surface area contributed by atoms with E-state index in [0.29, 0.717) is 37.4 Å². The summed E-state index contributed by atoms with van der Waals surface area (Å²) < 4.78 is 26.6. The van der Waals surface area contributed by atoms with Crippen molar-refractivity contribution in [3.8, 4) is 11.5 Å². The molecule has 1 saturated heterocycles. The fraction of sp³-hybridized carbons (Fsp3) is 0.200. The number of hydrogen-bond acceptors (Lipinski definition) is 5. The first-order valence-electron chi connectivity index (χ1n) is 8.44. The molecule has 0 bridgehead atoms. The van der Waals surface area contributed by atoms with Crippen molar-refractivity contribution in [1.29, 1.82) is 0 Å². The van der Waals surface area contributed by atoms with Crippen LogP contribution < -0.4 is 9.47 Å². The van der Waals surface area contributed by atoms with Crippen LogP contribution in [0.3, 0.4) is 0 Å². The molecule has 1 fully saturated rings. The van der Waals surface area contributed by atoms with Gasteiger partial charge >= 0.3 is 0 Å². The smallest absolute Gasteiger partial charge is 0.265 e. The number of carbonyl (C=O) groups is 1. The Balaban J connectivity index is 1.89. The van der Waals surface area contributed by atoms with Gasteiger partial charge in [-0.2, -0.15) is 0 Å². The summed E-state index contributed by atoms with van der Waals surface area (Å²) in [6.07, 6.45) is 1.76. The first kappa shape index (κ1) is 20.8. The minimum Gasteiger partial charge on any atom is -0.490 e. The summed E-state index contributed by atoms with van der Waals surface area (Å²) in [7, 11) is 1.65. The van der Waals surface area contributed by atoms with Gasteiger partial charge in [-0.15, -0.1) is 0 Å². The average Bonchev–Trinajstić information content (AvgIpc) is 2.89. The van der Waals surface area contributed by atoms with Crippen LogP contribution in [0.2, 0.25) is 0 Å². The number of carbonyl (C=O) groups excluding carboxylic acids is 1. The molecule has 0 N–H and O–H groups in total. The van der Waals surface area contributed by atoms with Crippen molar-refractivity contribution < 1.29 is 18.7 Å². The van der Waals surface area contributed by atoms with Crippen LogP contribution in [0.4, 0.5) is 4.39 Å². The van der Waals surface area contributed by atoms with Gasteiger partial charge in [0.15, 0.2) is 11.5 Å². The quantitative estimate of drug-likeness (QED) is 0.408.